The molecule has 0 unspecified atom stereocenters. The van der Waals surface area contributed by atoms with Gasteiger partial charge in [0.25, 0.3) is 6.71 Å². The predicted molar refractivity (Wildman–Crippen MR) is 212 cm³/mol. The molecule has 0 amide bonds. The van der Waals surface area contributed by atoms with E-state index < -0.39 is 8.07 Å². The molecule has 11 rings (SSSR count). The van der Waals surface area contributed by atoms with Gasteiger partial charge in [0.05, 0.1) is 0 Å². The van der Waals surface area contributed by atoms with Gasteiger partial charge in [-0.05, 0) is 91.7 Å². The van der Waals surface area contributed by atoms with Crippen molar-refractivity contribution in [2.24, 2.45) is 0 Å². The Morgan fingerprint density at radius 1 is 0.388 bits per heavy atom. The Morgan fingerprint density at radius 3 is 1.33 bits per heavy atom. The lowest BCUT2D eigenvalue weighted by Gasteiger charge is -2.50. The maximum atomic E-state index is 2.58. The molecule has 0 atom stereocenters. The second kappa shape index (κ2) is 9.85. The van der Waals surface area contributed by atoms with Crippen molar-refractivity contribution in [1.29, 1.82) is 0 Å². The van der Waals surface area contributed by atoms with Crippen molar-refractivity contribution >= 4 is 102 Å². The molecule has 0 bridgehead atoms. The van der Waals surface area contributed by atoms with Gasteiger partial charge in [-0.15, -0.1) is 0 Å². The topological polar surface area (TPSA) is 6.48 Å². The summed E-state index contributed by atoms with van der Waals surface area (Å²) in [5, 5.41) is 9.53. The summed E-state index contributed by atoms with van der Waals surface area (Å²) in [5.74, 6) is 0. The van der Waals surface area contributed by atoms with E-state index in [9.17, 15) is 0 Å². The van der Waals surface area contributed by atoms with E-state index in [-0.39, 0.29) is 6.71 Å². The van der Waals surface area contributed by atoms with Crippen molar-refractivity contribution in [2.45, 2.75) is 6.55 Å². The molecule has 4 heteroatoms. The molecule has 0 saturated carbocycles. The zero-order valence-electron chi connectivity index (χ0n) is 27.1. The summed E-state index contributed by atoms with van der Waals surface area (Å²) < 4.78 is 0. The van der Waals surface area contributed by atoms with Crippen molar-refractivity contribution in [2.75, 3.05) is 9.80 Å². The van der Waals surface area contributed by atoms with E-state index >= 15 is 0 Å². The van der Waals surface area contributed by atoms with Gasteiger partial charge in [-0.3, -0.25) is 0 Å². The van der Waals surface area contributed by atoms with Gasteiger partial charge in [0.2, 0.25) is 0 Å². The van der Waals surface area contributed by atoms with Crippen LogP contribution in [0.4, 0.5) is 34.1 Å². The smallest absolute Gasteiger partial charge is 0.251 e. The average molecular weight is 639 g/mol. The van der Waals surface area contributed by atoms with Crippen LogP contribution in [0.25, 0.3) is 21.5 Å². The minimum absolute atomic E-state index is 0.154. The second-order valence-electron chi connectivity index (χ2n) is 13.8. The van der Waals surface area contributed by atoms with Gasteiger partial charge < -0.3 is 9.80 Å². The number of fused-ring (bicyclic) bond motifs is 2. The van der Waals surface area contributed by atoms with Crippen LogP contribution in [0.1, 0.15) is 0 Å². The highest BCUT2D eigenvalue weighted by Crippen LogP contribution is 2.45. The lowest BCUT2D eigenvalue weighted by atomic mass is 9.33. The highest BCUT2D eigenvalue weighted by atomic mass is 28.3. The van der Waals surface area contributed by atoms with Crippen molar-refractivity contribution < 1.29 is 0 Å². The van der Waals surface area contributed by atoms with E-state index in [1.165, 1.54) is 87.6 Å². The molecule has 49 heavy (non-hydrogen) atoms. The van der Waals surface area contributed by atoms with Gasteiger partial charge in [-0.1, -0.05) is 138 Å². The Morgan fingerprint density at radius 2 is 0.816 bits per heavy atom. The van der Waals surface area contributed by atoms with E-state index in [4.69, 9.17) is 0 Å². The minimum Gasteiger partial charge on any atom is -0.311 e. The van der Waals surface area contributed by atoms with Crippen LogP contribution < -0.4 is 41.7 Å². The summed E-state index contributed by atoms with van der Waals surface area (Å²) in [6.45, 7) is 2.74. The van der Waals surface area contributed by atoms with E-state index in [1.54, 1.807) is 0 Å². The standard InChI is InChI=1S/C45H31BN2Si/c1-49(36-16-3-2-4-17-36)41-22-10-20-39-44(41)46-43-37(47(39)34-26-24-30-12-5-7-14-32(30)28-34)18-9-19-38(43)48(40-21-11-23-42(49)45(40)46)35-27-25-31-13-6-8-15-33(31)29-35/h2-29H,1H3. The Labute approximate surface area is 287 Å². The van der Waals surface area contributed by atoms with Crippen LogP contribution in [-0.2, 0) is 0 Å². The van der Waals surface area contributed by atoms with E-state index in [2.05, 4.69) is 186 Å². The molecule has 3 heterocycles. The van der Waals surface area contributed by atoms with Crippen molar-refractivity contribution in [3.63, 3.8) is 0 Å². The summed E-state index contributed by atoms with van der Waals surface area (Å²) in [4.78, 5) is 5.11. The first-order valence-corrected chi connectivity index (χ1v) is 19.7. The third kappa shape index (κ3) is 3.56. The van der Waals surface area contributed by atoms with Crippen LogP contribution in [0.2, 0.25) is 6.55 Å². The largest absolute Gasteiger partial charge is 0.311 e. The van der Waals surface area contributed by atoms with Crippen LogP contribution in [0.3, 0.4) is 0 Å². The Hall–Kier alpha value is -5.84. The minimum atomic E-state index is -2.43. The van der Waals surface area contributed by atoms with Gasteiger partial charge in [-0.25, -0.2) is 0 Å². The monoisotopic (exact) mass is 638 g/mol. The molecule has 8 aromatic carbocycles. The highest BCUT2D eigenvalue weighted by molar-refractivity contribution is 7.21. The molecule has 2 nitrogen and oxygen atoms in total. The van der Waals surface area contributed by atoms with Crippen LogP contribution >= 0.6 is 0 Å². The van der Waals surface area contributed by atoms with Crippen molar-refractivity contribution in [3.05, 3.63) is 170 Å². The summed E-state index contributed by atoms with van der Waals surface area (Å²) in [6.07, 6.45) is 0. The fraction of sp³-hybridized carbons (Fsp3) is 0.0222. The number of hydrogen-bond donors (Lipinski definition) is 0. The first kappa shape index (κ1) is 27.1. The summed E-state index contributed by atoms with van der Waals surface area (Å²) >= 11 is 0. The maximum Gasteiger partial charge on any atom is 0.251 e. The molecule has 0 radical (unpaired) electrons. The summed E-state index contributed by atoms with van der Waals surface area (Å²) in [7, 11) is -2.43. The van der Waals surface area contributed by atoms with E-state index in [0.717, 1.165) is 0 Å². The number of rotatable bonds is 3. The molecule has 0 aliphatic carbocycles. The molecule has 228 valence electrons. The number of nitrogens with zero attached hydrogens (tertiary/aromatic N) is 2. The lowest BCUT2D eigenvalue weighted by molar-refractivity contribution is 1.26. The normalized spacial score (nSPS) is 14.7. The fourth-order valence-corrected chi connectivity index (χ4v) is 13.6. The van der Waals surface area contributed by atoms with Gasteiger partial charge in [0.15, 0.2) is 0 Å². The SMILES string of the molecule is C[Si]1(c2ccccc2)c2cccc3c2B2c4c(cccc4N(c4ccc5ccccc5c4)c4cccc1c42)N3c1ccc2ccccc2c1. The molecular formula is C45H31BN2Si. The van der Waals surface area contributed by atoms with Crippen LogP contribution in [0, 0.1) is 0 Å². The predicted octanol–water partition coefficient (Wildman–Crippen LogP) is 7.49. The van der Waals surface area contributed by atoms with E-state index in [1.807, 2.05) is 0 Å². The number of anilines is 6. The van der Waals surface area contributed by atoms with E-state index in [0.29, 0.717) is 0 Å². The number of hydrogen-bond acceptors (Lipinski definition) is 2. The van der Waals surface area contributed by atoms with Gasteiger partial charge in [0, 0.05) is 34.1 Å². The molecule has 8 aromatic rings. The third-order valence-electron chi connectivity index (χ3n) is 11.5. The molecule has 0 N–H and O–H groups in total. The zero-order chi connectivity index (χ0) is 32.3. The van der Waals surface area contributed by atoms with Crippen LogP contribution in [-0.4, -0.2) is 14.8 Å². The molecule has 0 aromatic heterocycles. The first-order valence-electron chi connectivity index (χ1n) is 17.2. The summed E-state index contributed by atoms with van der Waals surface area (Å²) in [6, 6.07) is 63.9. The Kier molecular flexibility index (Phi) is 5.46. The third-order valence-corrected chi connectivity index (χ3v) is 16.0. The van der Waals surface area contributed by atoms with Crippen molar-refractivity contribution in [1.82, 2.24) is 0 Å². The second-order valence-corrected chi connectivity index (χ2v) is 17.7. The van der Waals surface area contributed by atoms with Crippen LogP contribution in [0.5, 0.6) is 0 Å². The molecule has 0 fully saturated rings. The lowest BCUT2D eigenvalue weighted by Crippen LogP contribution is -2.83. The highest BCUT2D eigenvalue weighted by Gasteiger charge is 2.53. The summed E-state index contributed by atoms with van der Waals surface area (Å²) in [5.41, 5.74) is 11.9. The van der Waals surface area contributed by atoms with Crippen molar-refractivity contribution in [3.8, 4) is 0 Å². The maximum absolute atomic E-state index is 2.58. The molecule has 0 saturated heterocycles. The first-order chi connectivity index (χ1) is 24.2. The number of benzene rings is 8. The van der Waals surface area contributed by atoms with Gasteiger partial charge in [0.1, 0.15) is 8.07 Å². The van der Waals surface area contributed by atoms with Gasteiger partial charge in [-0.2, -0.15) is 0 Å². The van der Waals surface area contributed by atoms with Crippen LogP contribution in [0.15, 0.2) is 170 Å². The van der Waals surface area contributed by atoms with Gasteiger partial charge >= 0.3 is 0 Å². The zero-order valence-corrected chi connectivity index (χ0v) is 28.1. The fourth-order valence-electron chi connectivity index (χ4n) is 9.31. The molecule has 3 aliphatic rings. The molecular weight excluding hydrogens is 607 g/mol. The average Bonchev–Trinajstić information content (AvgIpc) is 3.16. The quantitative estimate of drug-likeness (QED) is 0.185. The Bertz CT molecular complexity index is 2510. The molecule has 3 aliphatic heterocycles. The Balaban J connectivity index is 1.28. The molecule has 0 spiro atoms.